The molecule has 1 N–H and O–H groups in total. The van der Waals surface area contributed by atoms with Gasteiger partial charge in [-0.05, 0) is 36.8 Å². The molecule has 0 radical (unpaired) electrons. The van der Waals surface area contributed by atoms with Crippen molar-refractivity contribution in [2.45, 2.75) is 6.92 Å². The summed E-state index contributed by atoms with van der Waals surface area (Å²) in [5.74, 6) is -1.32. The number of nitrogens with one attached hydrogen (secondary N) is 1. The molecule has 0 aliphatic heterocycles. The molecular weight excluding hydrogens is 314 g/mol. The average molecular weight is 323 g/mol. The normalized spacial score (nSPS) is 10.1. The zero-order valence-electron chi connectivity index (χ0n) is 9.97. The van der Waals surface area contributed by atoms with Gasteiger partial charge in [-0.25, -0.2) is 8.78 Å². The summed E-state index contributed by atoms with van der Waals surface area (Å²) in [5.41, 5.74) is 0.959. The topological polar surface area (TPSA) is 35.8 Å². The van der Waals surface area contributed by atoms with E-state index in [2.05, 4.69) is 21.2 Å². The van der Waals surface area contributed by atoms with E-state index in [0.717, 1.165) is 0 Å². The number of benzene rings is 2. The predicted molar refractivity (Wildman–Crippen MR) is 73.2 cm³/mol. The molecule has 96 valence electrons. The third kappa shape index (κ3) is 2.91. The Kier molecular flexibility index (Phi) is 3.82. The van der Waals surface area contributed by atoms with Crippen LogP contribution in [0, 0.1) is 29.9 Å². The fraction of sp³-hybridized carbons (Fsp3) is 0.0714. The van der Waals surface area contributed by atoms with Crippen molar-refractivity contribution in [2.75, 3.05) is 5.32 Å². The highest BCUT2D eigenvalue weighted by Gasteiger charge is 2.12. The quantitative estimate of drug-likeness (QED) is 0.873. The number of halogens is 3. The van der Waals surface area contributed by atoms with E-state index in [1.165, 1.54) is 18.2 Å². The molecule has 2 aromatic rings. The molecule has 0 unspecified atom stereocenters. The van der Waals surface area contributed by atoms with Crippen molar-refractivity contribution in [1.82, 2.24) is 0 Å². The number of hydrogen-bond acceptors (Lipinski definition) is 2. The lowest BCUT2D eigenvalue weighted by Gasteiger charge is -2.11. The summed E-state index contributed by atoms with van der Waals surface area (Å²) in [5, 5.41) is 11.5. The first-order valence-corrected chi connectivity index (χ1v) is 6.23. The predicted octanol–water partition coefficient (Wildman–Crippen LogP) is 4.65. The van der Waals surface area contributed by atoms with Crippen LogP contribution in [0.25, 0.3) is 0 Å². The molecule has 0 fully saturated rings. The molecule has 0 amide bonds. The maximum absolute atomic E-state index is 13.9. The zero-order valence-corrected chi connectivity index (χ0v) is 11.6. The van der Waals surface area contributed by atoms with Crippen LogP contribution in [0.3, 0.4) is 0 Å². The lowest BCUT2D eigenvalue weighted by molar-refractivity contribution is 0.585. The first-order valence-electron chi connectivity index (χ1n) is 5.43. The third-order valence-electron chi connectivity index (χ3n) is 2.58. The minimum atomic E-state index is -0.679. The summed E-state index contributed by atoms with van der Waals surface area (Å²) in [7, 11) is 0. The Morgan fingerprint density at radius 2 is 1.95 bits per heavy atom. The molecule has 0 saturated carbocycles. The lowest BCUT2D eigenvalue weighted by atomic mass is 10.1. The van der Waals surface area contributed by atoms with Gasteiger partial charge in [-0.2, -0.15) is 5.26 Å². The summed E-state index contributed by atoms with van der Waals surface area (Å²) in [6, 6.07) is 9.33. The standard InChI is InChI=1S/C14H9BrF2N2/c1-8-2-3-12(16)14(13(8)17)19-11-5-9(7-18)4-10(15)6-11/h2-6,19H,1H3. The van der Waals surface area contributed by atoms with Crippen LogP contribution in [-0.2, 0) is 0 Å². The van der Waals surface area contributed by atoms with E-state index in [4.69, 9.17) is 5.26 Å². The van der Waals surface area contributed by atoms with Gasteiger partial charge in [0, 0.05) is 10.2 Å². The second kappa shape index (κ2) is 5.37. The maximum atomic E-state index is 13.9. The molecule has 2 aromatic carbocycles. The van der Waals surface area contributed by atoms with E-state index in [1.807, 2.05) is 6.07 Å². The number of nitrogens with zero attached hydrogens (tertiary/aromatic N) is 1. The van der Waals surface area contributed by atoms with Crippen molar-refractivity contribution in [3.8, 4) is 6.07 Å². The van der Waals surface area contributed by atoms with Crippen LogP contribution >= 0.6 is 15.9 Å². The number of aryl methyl sites for hydroxylation is 1. The van der Waals surface area contributed by atoms with Crippen molar-refractivity contribution in [3.05, 3.63) is 57.6 Å². The minimum absolute atomic E-state index is 0.220. The molecule has 2 nitrogen and oxygen atoms in total. The van der Waals surface area contributed by atoms with Crippen molar-refractivity contribution in [1.29, 1.82) is 5.26 Å². The molecular formula is C14H9BrF2N2. The fourth-order valence-corrected chi connectivity index (χ4v) is 2.14. The van der Waals surface area contributed by atoms with Crippen molar-refractivity contribution in [3.63, 3.8) is 0 Å². The van der Waals surface area contributed by atoms with Gasteiger partial charge in [0.1, 0.15) is 11.5 Å². The van der Waals surface area contributed by atoms with Crippen molar-refractivity contribution < 1.29 is 8.78 Å². The largest absolute Gasteiger partial charge is 0.351 e. The monoisotopic (exact) mass is 322 g/mol. The zero-order chi connectivity index (χ0) is 14.0. The number of hydrogen-bond donors (Lipinski definition) is 1. The Balaban J connectivity index is 2.45. The van der Waals surface area contributed by atoms with Gasteiger partial charge < -0.3 is 5.32 Å². The lowest BCUT2D eigenvalue weighted by Crippen LogP contribution is -1.99. The molecule has 19 heavy (non-hydrogen) atoms. The van der Waals surface area contributed by atoms with Crippen LogP contribution in [0.5, 0.6) is 0 Å². The summed E-state index contributed by atoms with van der Waals surface area (Å²) in [6.07, 6.45) is 0. The van der Waals surface area contributed by atoms with E-state index in [0.29, 0.717) is 21.3 Å². The molecule has 2 rings (SSSR count). The number of rotatable bonds is 2. The van der Waals surface area contributed by atoms with Gasteiger partial charge in [-0.15, -0.1) is 0 Å². The van der Waals surface area contributed by atoms with E-state index >= 15 is 0 Å². The van der Waals surface area contributed by atoms with Crippen LogP contribution in [0.1, 0.15) is 11.1 Å². The van der Waals surface area contributed by atoms with Crippen LogP contribution < -0.4 is 5.32 Å². The first kappa shape index (κ1) is 13.5. The van der Waals surface area contributed by atoms with Gasteiger partial charge in [0.15, 0.2) is 5.82 Å². The van der Waals surface area contributed by atoms with Crippen molar-refractivity contribution >= 4 is 27.3 Å². The summed E-state index contributed by atoms with van der Waals surface area (Å²) < 4.78 is 28.1. The van der Waals surface area contributed by atoms with Gasteiger partial charge in [-0.3, -0.25) is 0 Å². The molecule has 0 aliphatic rings. The second-order valence-corrected chi connectivity index (χ2v) is 4.93. The van der Waals surface area contributed by atoms with E-state index < -0.39 is 11.6 Å². The Hall–Kier alpha value is -1.93. The van der Waals surface area contributed by atoms with Gasteiger partial charge in [0.25, 0.3) is 0 Å². The smallest absolute Gasteiger partial charge is 0.152 e. The van der Waals surface area contributed by atoms with Gasteiger partial charge >= 0.3 is 0 Å². The Labute approximate surface area is 117 Å². The molecule has 0 spiro atoms. The van der Waals surface area contributed by atoms with Gasteiger partial charge in [0.2, 0.25) is 0 Å². The number of nitriles is 1. The van der Waals surface area contributed by atoms with E-state index in [-0.39, 0.29) is 5.69 Å². The molecule has 0 saturated heterocycles. The Bertz CT molecular complexity index is 678. The maximum Gasteiger partial charge on any atom is 0.152 e. The molecule has 5 heteroatoms. The number of anilines is 2. The van der Waals surface area contributed by atoms with Crippen LogP contribution in [-0.4, -0.2) is 0 Å². The van der Waals surface area contributed by atoms with E-state index in [1.54, 1.807) is 19.1 Å². The highest BCUT2D eigenvalue weighted by atomic mass is 79.9. The van der Waals surface area contributed by atoms with Crippen molar-refractivity contribution in [2.24, 2.45) is 0 Å². The minimum Gasteiger partial charge on any atom is -0.351 e. The fourth-order valence-electron chi connectivity index (χ4n) is 1.64. The first-order chi connectivity index (χ1) is 9.01. The van der Waals surface area contributed by atoms with Crippen LogP contribution in [0.4, 0.5) is 20.2 Å². The van der Waals surface area contributed by atoms with Crippen LogP contribution in [0.2, 0.25) is 0 Å². The second-order valence-electron chi connectivity index (χ2n) is 4.02. The highest BCUT2D eigenvalue weighted by molar-refractivity contribution is 9.10. The summed E-state index contributed by atoms with van der Waals surface area (Å²) >= 11 is 3.24. The molecule has 0 aliphatic carbocycles. The third-order valence-corrected chi connectivity index (χ3v) is 3.04. The summed E-state index contributed by atoms with van der Waals surface area (Å²) in [6.45, 7) is 1.56. The van der Waals surface area contributed by atoms with E-state index in [9.17, 15) is 8.78 Å². The Morgan fingerprint density at radius 3 is 2.63 bits per heavy atom. The average Bonchev–Trinajstić information content (AvgIpc) is 2.38. The molecule has 0 atom stereocenters. The molecule has 0 bridgehead atoms. The molecule has 0 heterocycles. The SMILES string of the molecule is Cc1ccc(F)c(Nc2cc(Br)cc(C#N)c2)c1F. The summed E-state index contributed by atoms with van der Waals surface area (Å²) in [4.78, 5) is 0. The van der Waals surface area contributed by atoms with Gasteiger partial charge in [0.05, 0.1) is 11.6 Å². The highest BCUT2D eigenvalue weighted by Crippen LogP contribution is 2.27. The Morgan fingerprint density at radius 1 is 1.21 bits per heavy atom. The van der Waals surface area contributed by atoms with Crippen LogP contribution in [0.15, 0.2) is 34.8 Å². The van der Waals surface area contributed by atoms with Gasteiger partial charge in [-0.1, -0.05) is 22.0 Å². The molecule has 0 aromatic heterocycles.